The topological polar surface area (TPSA) is 50.1 Å². The van der Waals surface area contributed by atoms with Gasteiger partial charge in [0, 0.05) is 0 Å². The number of hydrogen-bond donors (Lipinski definition) is 0. The summed E-state index contributed by atoms with van der Waals surface area (Å²) in [7, 11) is 0. The first-order chi connectivity index (χ1) is 6.22. The molecule has 0 aliphatic heterocycles. The average Bonchev–Trinajstić information content (AvgIpc) is 2.04. The van der Waals surface area contributed by atoms with Crippen molar-refractivity contribution < 1.29 is 9.53 Å². The Morgan fingerprint density at radius 1 is 1.54 bits per heavy atom. The van der Waals surface area contributed by atoms with Crippen molar-refractivity contribution in [2.24, 2.45) is 0 Å². The maximum atomic E-state index is 10.5. The largest absolute Gasteiger partial charge is 0.494 e. The van der Waals surface area contributed by atoms with Gasteiger partial charge in [0.05, 0.1) is 13.0 Å². The Morgan fingerprint density at radius 2 is 2.31 bits per heavy atom. The van der Waals surface area contributed by atoms with Crippen LogP contribution in [0.1, 0.15) is 12.5 Å². The van der Waals surface area contributed by atoms with E-state index < -0.39 is 5.91 Å². The normalized spacial score (nSPS) is 9.62. The van der Waals surface area contributed by atoms with E-state index in [-0.39, 0.29) is 6.42 Å². The van der Waals surface area contributed by atoms with Gasteiger partial charge in [-0.15, -0.1) is 0 Å². The first-order valence-electron chi connectivity index (χ1n) is 4.18. The van der Waals surface area contributed by atoms with E-state index in [0.717, 1.165) is 11.3 Å². The number of benzene rings is 1. The summed E-state index contributed by atoms with van der Waals surface area (Å²) in [5.74, 6) is 0.176. The quantitative estimate of drug-likeness (QED) is 0.700. The zero-order chi connectivity index (χ0) is 9.68. The summed E-state index contributed by atoms with van der Waals surface area (Å²) in [6.45, 7) is 2.51. The molecule has 0 heterocycles. The maximum absolute atomic E-state index is 10.5. The molecular formula is C10H12NO2. The Bertz CT molecular complexity index is 297. The lowest BCUT2D eigenvalue weighted by atomic mass is 10.1. The Labute approximate surface area is 77.5 Å². The molecule has 1 aromatic rings. The van der Waals surface area contributed by atoms with E-state index in [0.29, 0.717) is 6.61 Å². The minimum Gasteiger partial charge on any atom is -0.494 e. The molecule has 0 fully saturated rings. The number of nitrogens with one attached hydrogen (secondary N) is 1. The predicted octanol–water partition coefficient (Wildman–Crippen LogP) is 1.44. The maximum Gasteiger partial charge on any atom is 0.242 e. The molecule has 0 spiro atoms. The monoisotopic (exact) mass is 178 g/mol. The van der Waals surface area contributed by atoms with E-state index in [1.54, 1.807) is 6.07 Å². The van der Waals surface area contributed by atoms with Crippen molar-refractivity contribution in [1.29, 1.82) is 0 Å². The standard InChI is InChI=1S/C10H12NO2/c1-2-13-9-5-3-4-8(6-9)7-10(11)12/h3-6,11H,2,7H2,1H3. The Morgan fingerprint density at radius 3 is 2.92 bits per heavy atom. The minimum atomic E-state index is -0.575. The van der Waals surface area contributed by atoms with E-state index in [1.807, 2.05) is 25.1 Å². The smallest absolute Gasteiger partial charge is 0.242 e. The van der Waals surface area contributed by atoms with Gasteiger partial charge in [-0.3, -0.25) is 10.5 Å². The summed E-state index contributed by atoms with van der Waals surface area (Å²) in [6, 6.07) is 7.26. The number of rotatable bonds is 4. The second kappa shape index (κ2) is 4.50. The van der Waals surface area contributed by atoms with Crippen molar-refractivity contribution in [3.05, 3.63) is 29.8 Å². The summed E-state index contributed by atoms with van der Waals surface area (Å²) in [5, 5.41) is 0. The lowest BCUT2D eigenvalue weighted by Crippen LogP contribution is -2.02. The van der Waals surface area contributed by atoms with Crippen LogP contribution in [0.2, 0.25) is 0 Å². The Hall–Kier alpha value is -1.51. The molecule has 69 valence electrons. The van der Waals surface area contributed by atoms with Crippen LogP contribution in [-0.2, 0) is 11.2 Å². The van der Waals surface area contributed by atoms with Crippen LogP contribution in [0.4, 0.5) is 0 Å². The fourth-order valence-corrected chi connectivity index (χ4v) is 1.10. The second-order valence-corrected chi connectivity index (χ2v) is 2.68. The number of ether oxygens (including phenoxy) is 1. The van der Waals surface area contributed by atoms with Gasteiger partial charge in [-0.25, -0.2) is 0 Å². The van der Waals surface area contributed by atoms with Crippen molar-refractivity contribution in [2.75, 3.05) is 6.61 Å². The number of amides is 1. The molecule has 1 radical (unpaired) electrons. The van der Waals surface area contributed by atoms with Crippen LogP contribution in [0.25, 0.3) is 0 Å². The molecule has 0 atom stereocenters. The predicted molar refractivity (Wildman–Crippen MR) is 49.4 cm³/mol. The van der Waals surface area contributed by atoms with Crippen LogP contribution in [0.3, 0.4) is 0 Å². The molecule has 0 aliphatic rings. The van der Waals surface area contributed by atoms with Crippen molar-refractivity contribution in [3.63, 3.8) is 0 Å². The highest BCUT2D eigenvalue weighted by molar-refractivity contribution is 5.75. The molecule has 1 aromatic carbocycles. The van der Waals surface area contributed by atoms with Crippen LogP contribution in [0, 0.1) is 0 Å². The molecule has 0 saturated heterocycles. The van der Waals surface area contributed by atoms with E-state index in [2.05, 4.69) is 0 Å². The second-order valence-electron chi connectivity index (χ2n) is 2.68. The lowest BCUT2D eigenvalue weighted by Gasteiger charge is -2.03. The highest BCUT2D eigenvalue weighted by Gasteiger charge is 2.00. The zero-order valence-electron chi connectivity index (χ0n) is 7.54. The van der Waals surface area contributed by atoms with Crippen LogP contribution in [-0.4, -0.2) is 12.5 Å². The van der Waals surface area contributed by atoms with Crippen molar-refractivity contribution in [1.82, 2.24) is 5.73 Å². The first-order valence-corrected chi connectivity index (χ1v) is 4.18. The highest BCUT2D eigenvalue weighted by atomic mass is 16.5. The number of carbonyl (C=O) groups excluding carboxylic acids is 1. The van der Waals surface area contributed by atoms with Crippen molar-refractivity contribution >= 4 is 5.91 Å². The summed E-state index contributed by atoms with van der Waals surface area (Å²) in [4.78, 5) is 10.5. The molecule has 0 unspecified atom stereocenters. The minimum absolute atomic E-state index is 0.154. The summed E-state index contributed by atoms with van der Waals surface area (Å²) in [6.07, 6.45) is 0.154. The van der Waals surface area contributed by atoms with Gasteiger partial charge in [0.15, 0.2) is 0 Å². The molecule has 0 aliphatic carbocycles. The van der Waals surface area contributed by atoms with Crippen LogP contribution in [0.15, 0.2) is 24.3 Å². The first kappa shape index (κ1) is 9.58. The molecule has 13 heavy (non-hydrogen) atoms. The molecule has 0 aromatic heterocycles. The van der Waals surface area contributed by atoms with Crippen LogP contribution in [0.5, 0.6) is 5.75 Å². The van der Waals surface area contributed by atoms with Crippen molar-refractivity contribution in [2.45, 2.75) is 13.3 Å². The van der Waals surface area contributed by atoms with Gasteiger partial charge in [0.2, 0.25) is 5.91 Å². The molecule has 3 nitrogen and oxygen atoms in total. The molecule has 0 bridgehead atoms. The number of carbonyl (C=O) groups is 1. The molecular weight excluding hydrogens is 166 g/mol. The SMILES string of the molecule is CCOc1cccc(CC([NH])=O)c1. The van der Waals surface area contributed by atoms with Crippen molar-refractivity contribution in [3.8, 4) is 5.75 Å². The van der Waals surface area contributed by atoms with Gasteiger partial charge in [-0.2, -0.15) is 0 Å². The average molecular weight is 178 g/mol. The third kappa shape index (κ3) is 3.15. The number of hydrogen-bond acceptors (Lipinski definition) is 2. The highest BCUT2D eigenvalue weighted by Crippen LogP contribution is 2.13. The van der Waals surface area contributed by atoms with Gasteiger partial charge in [-0.1, -0.05) is 12.1 Å². The zero-order valence-corrected chi connectivity index (χ0v) is 7.54. The summed E-state index contributed by atoms with van der Waals surface area (Å²) in [5.41, 5.74) is 7.63. The van der Waals surface area contributed by atoms with E-state index in [9.17, 15) is 4.79 Å². The van der Waals surface area contributed by atoms with Gasteiger partial charge >= 0.3 is 0 Å². The summed E-state index contributed by atoms with van der Waals surface area (Å²) >= 11 is 0. The fraction of sp³-hybridized carbons (Fsp3) is 0.300. The van der Waals surface area contributed by atoms with E-state index in [1.165, 1.54) is 0 Å². The van der Waals surface area contributed by atoms with Crippen LogP contribution >= 0.6 is 0 Å². The third-order valence-corrected chi connectivity index (χ3v) is 1.57. The molecule has 3 heteroatoms. The summed E-state index contributed by atoms with van der Waals surface area (Å²) < 4.78 is 5.26. The van der Waals surface area contributed by atoms with E-state index >= 15 is 0 Å². The molecule has 0 saturated carbocycles. The third-order valence-electron chi connectivity index (χ3n) is 1.57. The molecule has 1 rings (SSSR count). The molecule has 1 amide bonds. The van der Waals surface area contributed by atoms with Gasteiger partial charge in [0.25, 0.3) is 0 Å². The lowest BCUT2D eigenvalue weighted by molar-refractivity contribution is -0.118. The Kier molecular flexibility index (Phi) is 3.31. The van der Waals surface area contributed by atoms with Gasteiger partial charge < -0.3 is 4.74 Å². The Balaban J connectivity index is 2.73. The van der Waals surface area contributed by atoms with Gasteiger partial charge in [-0.05, 0) is 24.6 Å². The van der Waals surface area contributed by atoms with Gasteiger partial charge in [0.1, 0.15) is 5.75 Å². The fourth-order valence-electron chi connectivity index (χ4n) is 1.10. The van der Waals surface area contributed by atoms with Crippen LogP contribution < -0.4 is 10.5 Å². The van der Waals surface area contributed by atoms with E-state index in [4.69, 9.17) is 10.5 Å². The molecule has 1 N–H and O–H groups in total.